The third-order valence-electron chi connectivity index (χ3n) is 5.41. The number of carbonyl (C=O) groups is 2. The minimum atomic E-state index is -0.633. The van der Waals surface area contributed by atoms with Gasteiger partial charge in [0.1, 0.15) is 0 Å². The van der Waals surface area contributed by atoms with Crippen molar-refractivity contribution in [1.82, 2.24) is 11.0 Å². The molecule has 0 unspecified atom stereocenters. The minimum Gasteiger partial charge on any atom is -0.412 e. The highest BCUT2D eigenvalue weighted by Gasteiger charge is 2.26. The van der Waals surface area contributed by atoms with Gasteiger partial charge in [0, 0.05) is 16.7 Å². The summed E-state index contributed by atoms with van der Waals surface area (Å²) >= 11 is 0. The maximum absolute atomic E-state index is 12.1. The van der Waals surface area contributed by atoms with Crippen LogP contribution in [0, 0.1) is 5.41 Å². The van der Waals surface area contributed by atoms with Crippen molar-refractivity contribution in [2.24, 2.45) is 11.1 Å². The number of hydrogen-bond donors (Lipinski definition) is 5. The van der Waals surface area contributed by atoms with E-state index >= 15 is 0 Å². The Kier molecular flexibility index (Phi) is 8.67. The van der Waals surface area contributed by atoms with Crippen molar-refractivity contribution in [3.8, 4) is 0 Å². The summed E-state index contributed by atoms with van der Waals surface area (Å²) < 4.78 is 0. The molecule has 0 atom stereocenters. The van der Waals surface area contributed by atoms with Crippen molar-refractivity contribution >= 4 is 11.8 Å². The fourth-order valence-electron chi connectivity index (χ4n) is 4.49. The largest absolute Gasteiger partial charge is 0.412 e. The van der Waals surface area contributed by atoms with Crippen molar-refractivity contribution < 1.29 is 31.0 Å². The van der Waals surface area contributed by atoms with Gasteiger partial charge in [-0.05, 0) is 84.5 Å². The van der Waals surface area contributed by atoms with Crippen molar-refractivity contribution in [2.45, 2.75) is 52.0 Å². The van der Waals surface area contributed by atoms with Crippen LogP contribution >= 0.6 is 0 Å². The summed E-state index contributed by atoms with van der Waals surface area (Å²) in [6, 6.07) is 11.2. The average molecular weight is 448 g/mol. The first kappa shape index (κ1) is 27.2. The molecule has 10 N–H and O–H groups in total. The molecule has 1 aliphatic carbocycles. The van der Waals surface area contributed by atoms with Gasteiger partial charge in [-0.3, -0.25) is 20.0 Å². The first-order chi connectivity index (χ1) is 14.0. The summed E-state index contributed by atoms with van der Waals surface area (Å²) in [4.78, 5) is 24.1. The molecular weight excluding hydrogens is 414 g/mol. The highest BCUT2D eigenvalue weighted by Crippen LogP contribution is 2.31. The van der Waals surface area contributed by atoms with Crippen molar-refractivity contribution in [3.63, 3.8) is 0 Å². The molecule has 176 valence electrons. The summed E-state index contributed by atoms with van der Waals surface area (Å²) in [5, 5.41) is 18.2. The monoisotopic (exact) mass is 447 g/mol. The Morgan fingerprint density at radius 2 is 1.03 bits per heavy atom. The predicted octanol–water partition coefficient (Wildman–Crippen LogP) is 0.903. The second-order valence-electron chi connectivity index (χ2n) is 9.48. The first-order valence-electron chi connectivity index (χ1n) is 9.94. The average Bonchev–Trinajstić information content (AvgIpc) is 2.63. The van der Waals surface area contributed by atoms with Crippen LogP contribution in [0.5, 0.6) is 0 Å². The molecule has 0 saturated heterocycles. The van der Waals surface area contributed by atoms with E-state index in [9.17, 15) is 9.59 Å². The van der Waals surface area contributed by atoms with E-state index in [1.54, 1.807) is 35.2 Å². The molecule has 2 aromatic carbocycles. The Morgan fingerprint density at radius 3 is 1.34 bits per heavy atom. The van der Waals surface area contributed by atoms with Crippen LogP contribution in [0.25, 0.3) is 0 Å². The zero-order chi connectivity index (χ0) is 22.1. The quantitative estimate of drug-likeness (QED) is 0.337. The van der Waals surface area contributed by atoms with Gasteiger partial charge in [-0.2, -0.15) is 0 Å². The van der Waals surface area contributed by atoms with E-state index in [2.05, 4.69) is 26.0 Å². The second-order valence-corrected chi connectivity index (χ2v) is 9.48. The molecule has 0 aliphatic heterocycles. The highest BCUT2D eigenvalue weighted by molar-refractivity contribution is 5.94. The molecular formula is C23H33N3O6. The Balaban J connectivity index is 0.00000256. The SMILES string of the molecule is CC1(C)Cc2cc(cc(C(=O)NO)c2)CC(C)(N)Cc2cc(cc(C(=O)NO)c2)C1.O.O. The number of rotatable bonds is 2. The normalized spacial score (nSPS) is 16.2. The fourth-order valence-corrected chi connectivity index (χ4v) is 4.49. The summed E-state index contributed by atoms with van der Waals surface area (Å²) in [6.45, 7) is 6.19. The van der Waals surface area contributed by atoms with Gasteiger partial charge >= 0.3 is 0 Å². The van der Waals surface area contributed by atoms with Crippen molar-refractivity contribution in [1.29, 1.82) is 0 Å². The summed E-state index contributed by atoms with van der Waals surface area (Å²) in [5.41, 5.74) is 13.8. The zero-order valence-corrected chi connectivity index (χ0v) is 18.6. The minimum absolute atomic E-state index is 0. The lowest BCUT2D eigenvalue weighted by molar-refractivity contribution is 0.0702. The number of hydrogen-bond acceptors (Lipinski definition) is 5. The summed E-state index contributed by atoms with van der Waals surface area (Å²) in [6.07, 6.45) is 2.41. The van der Waals surface area contributed by atoms with Gasteiger partial charge in [-0.1, -0.05) is 26.0 Å². The summed E-state index contributed by atoms with van der Waals surface area (Å²) in [7, 11) is 0. The third-order valence-corrected chi connectivity index (χ3v) is 5.41. The van der Waals surface area contributed by atoms with Crippen LogP contribution in [0.15, 0.2) is 36.4 Å². The third kappa shape index (κ3) is 6.59. The van der Waals surface area contributed by atoms with Crippen molar-refractivity contribution in [3.05, 3.63) is 69.8 Å². The Morgan fingerprint density at radius 1 is 0.719 bits per heavy atom. The molecule has 0 radical (unpaired) electrons. The smallest absolute Gasteiger partial charge is 0.274 e. The van der Waals surface area contributed by atoms with Crippen LogP contribution in [0.1, 0.15) is 63.7 Å². The van der Waals surface area contributed by atoms with Crippen molar-refractivity contribution in [2.75, 3.05) is 0 Å². The molecule has 0 saturated carbocycles. The fraction of sp³-hybridized carbons (Fsp3) is 0.391. The molecule has 2 aromatic rings. The van der Waals surface area contributed by atoms with Crippen LogP contribution in [-0.2, 0) is 25.7 Å². The van der Waals surface area contributed by atoms with Gasteiger partial charge in [-0.15, -0.1) is 0 Å². The van der Waals surface area contributed by atoms with E-state index in [0.29, 0.717) is 36.8 Å². The maximum atomic E-state index is 12.1. The molecule has 0 fully saturated rings. The summed E-state index contributed by atoms with van der Waals surface area (Å²) in [5.74, 6) is -1.10. The van der Waals surface area contributed by atoms with E-state index < -0.39 is 17.4 Å². The molecule has 32 heavy (non-hydrogen) atoms. The van der Waals surface area contributed by atoms with Crippen LogP contribution in [-0.4, -0.2) is 38.7 Å². The molecule has 9 heteroatoms. The molecule has 2 amide bonds. The number of fused-ring (bicyclic) bond motifs is 4. The molecule has 4 bridgehead atoms. The number of benzene rings is 2. The Bertz CT molecular complexity index is 856. The lowest BCUT2D eigenvalue weighted by atomic mass is 9.77. The van der Waals surface area contributed by atoms with E-state index in [0.717, 1.165) is 22.3 Å². The number of nitrogens with two attached hydrogens (primary N) is 1. The lowest BCUT2D eigenvalue weighted by Gasteiger charge is -2.30. The molecule has 9 nitrogen and oxygen atoms in total. The predicted molar refractivity (Wildman–Crippen MR) is 120 cm³/mol. The first-order valence-corrected chi connectivity index (χ1v) is 9.94. The van der Waals surface area contributed by atoms with Crippen LogP contribution in [0.3, 0.4) is 0 Å². The Hall–Kier alpha value is -2.82. The Labute approximate surface area is 187 Å². The standard InChI is InChI=1S/C23H29N3O4.2H2O/c1-22(2)10-14-4-16(8-18(6-14)20(27)25-29)12-23(3,24)13-17-5-15(11-22)7-19(9-17)21(28)26-30;;/h4-9,29-30H,10-13,24H2,1-3H3,(H,25,27)(H,26,28);2*1H2. The topological polar surface area (TPSA) is 188 Å². The van der Waals surface area contributed by atoms with E-state index in [-0.39, 0.29) is 16.4 Å². The number of hydroxylamine groups is 2. The highest BCUT2D eigenvalue weighted by atomic mass is 16.5. The van der Waals surface area contributed by atoms with Crippen LogP contribution in [0.2, 0.25) is 0 Å². The molecule has 0 aromatic heterocycles. The van der Waals surface area contributed by atoms with Gasteiger partial charge in [0.2, 0.25) is 0 Å². The zero-order valence-electron chi connectivity index (χ0n) is 18.6. The van der Waals surface area contributed by atoms with E-state index in [4.69, 9.17) is 16.1 Å². The van der Waals surface area contributed by atoms with E-state index in [1.165, 1.54) is 0 Å². The molecule has 3 rings (SSSR count). The number of amides is 2. The lowest BCUT2D eigenvalue weighted by Crippen LogP contribution is -2.41. The molecule has 0 heterocycles. The number of carbonyl (C=O) groups excluding carboxylic acids is 2. The van der Waals surface area contributed by atoms with Crippen LogP contribution in [0.4, 0.5) is 0 Å². The van der Waals surface area contributed by atoms with Gasteiger partial charge in [0.25, 0.3) is 11.8 Å². The van der Waals surface area contributed by atoms with Crippen LogP contribution < -0.4 is 16.7 Å². The maximum Gasteiger partial charge on any atom is 0.274 e. The number of nitrogens with one attached hydrogen (secondary N) is 2. The van der Waals surface area contributed by atoms with Gasteiger partial charge in [-0.25, -0.2) is 11.0 Å². The van der Waals surface area contributed by atoms with E-state index in [1.807, 2.05) is 6.92 Å². The van der Waals surface area contributed by atoms with Gasteiger partial charge < -0.3 is 16.7 Å². The molecule has 0 spiro atoms. The second kappa shape index (κ2) is 10.2. The van der Waals surface area contributed by atoms with Gasteiger partial charge in [0.05, 0.1) is 0 Å². The molecule has 1 aliphatic rings. The van der Waals surface area contributed by atoms with Gasteiger partial charge in [0.15, 0.2) is 0 Å².